The van der Waals surface area contributed by atoms with E-state index in [0.29, 0.717) is 31.7 Å². The van der Waals surface area contributed by atoms with E-state index in [1.165, 1.54) is 0 Å². The Morgan fingerprint density at radius 1 is 0.818 bits per heavy atom. The van der Waals surface area contributed by atoms with Gasteiger partial charge in [0.1, 0.15) is 5.78 Å². The lowest BCUT2D eigenvalue weighted by atomic mass is 10.1. The monoisotopic (exact) mass is 312 g/mol. The van der Waals surface area contributed by atoms with E-state index in [9.17, 15) is 14.4 Å². The van der Waals surface area contributed by atoms with Gasteiger partial charge in [-0.25, -0.2) is 0 Å². The van der Waals surface area contributed by atoms with E-state index in [-0.39, 0.29) is 30.1 Å². The average Bonchev–Trinajstić information content (AvgIpc) is 2.38. The van der Waals surface area contributed by atoms with Crippen molar-refractivity contribution in [3.8, 4) is 0 Å². The molecule has 0 aliphatic carbocycles. The van der Waals surface area contributed by atoms with E-state index >= 15 is 0 Å². The maximum absolute atomic E-state index is 11.6. The standard InChI is InChI=1S/C17H32N2O3/c1-13(2)12-17(22)18-11-7-5-6-8-15(20)9-10-16(21)19-14(3)4/h13-14H,5-12H2,1-4H3,(H,18,22)(H,19,21). The van der Waals surface area contributed by atoms with Crippen LogP contribution in [0.15, 0.2) is 0 Å². The van der Waals surface area contributed by atoms with Crippen LogP contribution in [0.3, 0.4) is 0 Å². The summed E-state index contributed by atoms with van der Waals surface area (Å²) >= 11 is 0. The highest BCUT2D eigenvalue weighted by atomic mass is 16.2. The Bertz CT molecular complexity index is 352. The van der Waals surface area contributed by atoms with Crippen LogP contribution in [0.1, 0.15) is 72.6 Å². The molecule has 0 atom stereocenters. The van der Waals surface area contributed by atoms with Crippen LogP contribution in [-0.4, -0.2) is 30.2 Å². The minimum Gasteiger partial charge on any atom is -0.356 e. The molecule has 0 saturated heterocycles. The molecule has 128 valence electrons. The first-order valence-corrected chi connectivity index (χ1v) is 8.39. The second kappa shape index (κ2) is 12.2. The third-order valence-corrected chi connectivity index (χ3v) is 3.13. The van der Waals surface area contributed by atoms with Gasteiger partial charge < -0.3 is 10.6 Å². The van der Waals surface area contributed by atoms with E-state index < -0.39 is 0 Å². The van der Waals surface area contributed by atoms with Crippen LogP contribution in [0.25, 0.3) is 0 Å². The van der Waals surface area contributed by atoms with Crippen molar-refractivity contribution in [2.24, 2.45) is 5.92 Å². The molecular weight excluding hydrogens is 280 g/mol. The van der Waals surface area contributed by atoms with Gasteiger partial charge in [-0.2, -0.15) is 0 Å². The van der Waals surface area contributed by atoms with Crippen molar-refractivity contribution in [1.29, 1.82) is 0 Å². The highest BCUT2D eigenvalue weighted by molar-refractivity contribution is 5.84. The predicted molar refractivity (Wildman–Crippen MR) is 88.5 cm³/mol. The molecule has 0 heterocycles. The molecular formula is C17H32N2O3. The molecule has 5 nitrogen and oxygen atoms in total. The Kier molecular flexibility index (Phi) is 11.4. The smallest absolute Gasteiger partial charge is 0.220 e. The Labute approximate surface area is 134 Å². The van der Waals surface area contributed by atoms with Gasteiger partial charge in [-0.05, 0) is 32.6 Å². The van der Waals surface area contributed by atoms with Gasteiger partial charge in [0.25, 0.3) is 0 Å². The molecule has 0 rings (SSSR count). The zero-order chi connectivity index (χ0) is 17.0. The highest BCUT2D eigenvalue weighted by Crippen LogP contribution is 2.04. The van der Waals surface area contributed by atoms with E-state index in [1.807, 2.05) is 27.7 Å². The number of carbonyl (C=O) groups excluding carboxylic acids is 3. The summed E-state index contributed by atoms with van der Waals surface area (Å²) in [6.07, 6.45) is 4.33. The van der Waals surface area contributed by atoms with Crippen molar-refractivity contribution in [3.05, 3.63) is 0 Å². The molecule has 0 aliphatic heterocycles. The van der Waals surface area contributed by atoms with Crippen LogP contribution >= 0.6 is 0 Å². The van der Waals surface area contributed by atoms with E-state index in [0.717, 1.165) is 19.3 Å². The molecule has 2 amide bonds. The van der Waals surface area contributed by atoms with Gasteiger partial charge in [-0.15, -0.1) is 0 Å². The number of rotatable bonds is 12. The zero-order valence-corrected chi connectivity index (χ0v) is 14.5. The number of carbonyl (C=O) groups is 3. The quantitative estimate of drug-likeness (QED) is 0.544. The molecule has 0 aromatic heterocycles. The highest BCUT2D eigenvalue weighted by Gasteiger charge is 2.08. The van der Waals surface area contributed by atoms with Gasteiger partial charge in [-0.3, -0.25) is 14.4 Å². The zero-order valence-electron chi connectivity index (χ0n) is 14.5. The lowest BCUT2D eigenvalue weighted by molar-refractivity contribution is -0.125. The molecule has 0 saturated carbocycles. The van der Waals surface area contributed by atoms with Gasteiger partial charge in [0.05, 0.1) is 0 Å². The van der Waals surface area contributed by atoms with Crippen molar-refractivity contribution < 1.29 is 14.4 Å². The summed E-state index contributed by atoms with van der Waals surface area (Å²) in [5, 5.41) is 5.66. The minimum atomic E-state index is -0.0591. The minimum absolute atomic E-state index is 0.0591. The van der Waals surface area contributed by atoms with Crippen molar-refractivity contribution in [2.75, 3.05) is 6.54 Å². The second-order valence-corrected chi connectivity index (χ2v) is 6.52. The fraction of sp³-hybridized carbons (Fsp3) is 0.824. The van der Waals surface area contributed by atoms with Crippen molar-refractivity contribution in [3.63, 3.8) is 0 Å². The summed E-state index contributed by atoms with van der Waals surface area (Å²) in [5.74, 6) is 0.562. The van der Waals surface area contributed by atoms with Gasteiger partial charge in [0, 0.05) is 38.3 Å². The van der Waals surface area contributed by atoms with Gasteiger partial charge >= 0.3 is 0 Å². The van der Waals surface area contributed by atoms with Gasteiger partial charge in [0.2, 0.25) is 11.8 Å². The first-order valence-electron chi connectivity index (χ1n) is 8.39. The average molecular weight is 312 g/mol. The number of Topliss-reactive ketones (excluding diaryl/α,β-unsaturated/α-hetero) is 1. The molecule has 0 spiro atoms. The molecule has 0 fully saturated rings. The molecule has 0 radical (unpaired) electrons. The molecule has 2 N–H and O–H groups in total. The van der Waals surface area contributed by atoms with Crippen LogP contribution in [0, 0.1) is 5.92 Å². The topological polar surface area (TPSA) is 75.3 Å². The fourth-order valence-corrected chi connectivity index (χ4v) is 2.07. The second-order valence-electron chi connectivity index (χ2n) is 6.52. The number of unbranched alkanes of at least 4 members (excludes halogenated alkanes) is 2. The van der Waals surface area contributed by atoms with Crippen LogP contribution in [0.4, 0.5) is 0 Å². The maximum atomic E-state index is 11.6. The summed E-state index contributed by atoms with van der Waals surface area (Å²) in [6, 6.07) is 0.119. The molecule has 5 heteroatoms. The summed E-state index contributed by atoms with van der Waals surface area (Å²) in [7, 11) is 0. The number of hydrogen-bond donors (Lipinski definition) is 2. The molecule has 0 aliphatic rings. The Morgan fingerprint density at radius 3 is 2.09 bits per heavy atom. The number of hydrogen-bond acceptors (Lipinski definition) is 3. The Morgan fingerprint density at radius 2 is 1.50 bits per heavy atom. The third kappa shape index (κ3) is 13.6. The molecule has 0 unspecified atom stereocenters. The summed E-state index contributed by atoms with van der Waals surface area (Å²) in [6.45, 7) is 8.52. The van der Waals surface area contributed by atoms with Crippen molar-refractivity contribution in [1.82, 2.24) is 10.6 Å². The fourth-order valence-electron chi connectivity index (χ4n) is 2.07. The lowest BCUT2D eigenvalue weighted by Gasteiger charge is -2.08. The number of ketones is 1. The van der Waals surface area contributed by atoms with E-state index in [1.54, 1.807) is 0 Å². The van der Waals surface area contributed by atoms with E-state index in [4.69, 9.17) is 0 Å². The van der Waals surface area contributed by atoms with Gasteiger partial charge in [-0.1, -0.05) is 20.3 Å². The Hall–Kier alpha value is -1.39. The normalized spacial score (nSPS) is 10.8. The summed E-state index contributed by atoms with van der Waals surface area (Å²) in [4.78, 5) is 34.5. The SMILES string of the molecule is CC(C)CC(=O)NCCCCCC(=O)CCC(=O)NC(C)C. The van der Waals surface area contributed by atoms with Crippen LogP contribution in [0.5, 0.6) is 0 Å². The third-order valence-electron chi connectivity index (χ3n) is 3.13. The summed E-state index contributed by atoms with van der Waals surface area (Å²) < 4.78 is 0. The van der Waals surface area contributed by atoms with Crippen molar-refractivity contribution >= 4 is 17.6 Å². The largest absolute Gasteiger partial charge is 0.356 e. The maximum Gasteiger partial charge on any atom is 0.220 e. The first-order chi connectivity index (χ1) is 10.3. The number of nitrogens with one attached hydrogen (secondary N) is 2. The lowest BCUT2D eigenvalue weighted by Crippen LogP contribution is -2.30. The predicted octanol–water partition coefficient (Wildman–Crippen LogP) is 2.58. The van der Waals surface area contributed by atoms with Gasteiger partial charge in [0.15, 0.2) is 0 Å². The summed E-state index contributed by atoms with van der Waals surface area (Å²) in [5.41, 5.74) is 0. The van der Waals surface area contributed by atoms with E-state index in [2.05, 4.69) is 10.6 Å². The Balaban J connectivity index is 3.49. The molecule has 0 aromatic rings. The molecule has 22 heavy (non-hydrogen) atoms. The van der Waals surface area contributed by atoms with Crippen molar-refractivity contribution in [2.45, 2.75) is 78.7 Å². The molecule has 0 bridgehead atoms. The van der Waals surface area contributed by atoms with Crippen LogP contribution < -0.4 is 10.6 Å². The first kappa shape index (κ1) is 20.6. The molecule has 0 aromatic carbocycles. The van der Waals surface area contributed by atoms with Crippen LogP contribution in [0.2, 0.25) is 0 Å². The van der Waals surface area contributed by atoms with Crippen LogP contribution in [-0.2, 0) is 14.4 Å². The number of amides is 2.